The first-order chi connectivity index (χ1) is 11.7. The fourth-order valence-electron chi connectivity index (χ4n) is 3.33. The molecule has 0 amide bonds. The summed E-state index contributed by atoms with van der Waals surface area (Å²) in [4.78, 5) is 0. The molecule has 1 atom stereocenters. The van der Waals surface area contributed by atoms with Gasteiger partial charge in [0.25, 0.3) is 0 Å². The molecule has 1 aliphatic carbocycles. The molecule has 124 valence electrons. The van der Waals surface area contributed by atoms with Crippen molar-refractivity contribution in [2.24, 2.45) is 0 Å². The van der Waals surface area contributed by atoms with Gasteiger partial charge in [0.15, 0.2) is 11.6 Å². The maximum atomic E-state index is 13.4. The standard InChI is InChI=1S/C22H22F2/c1-2-3-4-16-5-7-17(8-6-16)18-9-11-19(12-10-18)20-13-14-21(23)22(24)15-20/h2,5,9-15,17H,1,3-4,6-8H2. The van der Waals surface area contributed by atoms with Crippen molar-refractivity contribution in [3.05, 3.63) is 84.0 Å². The van der Waals surface area contributed by atoms with Crippen LogP contribution in [0.4, 0.5) is 8.78 Å². The molecule has 0 N–H and O–H groups in total. The van der Waals surface area contributed by atoms with E-state index >= 15 is 0 Å². The molecule has 0 aliphatic heterocycles. The van der Waals surface area contributed by atoms with E-state index in [0.717, 1.165) is 31.2 Å². The second-order valence-corrected chi connectivity index (χ2v) is 6.41. The van der Waals surface area contributed by atoms with Crippen molar-refractivity contribution in [2.75, 3.05) is 0 Å². The van der Waals surface area contributed by atoms with Crippen LogP contribution in [0, 0.1) is 11.6 Å². The largest absolute Gasteiger partial charge is 0.204 e. The lowest BCUT2D eigenvalue weighted by Crippen LogP contribution is -2.04. The van der Waals surface area contributed by atoms with Gasteiger partial charge >= 0.3 is 0 Å². The first-order valence-electron chi connectivity index (χ1n) is 8.51. The first-order valence-corrected chi connectivity index (χ1v) is 8.51. The van der Waals surface area contributed by atoms with Crippen molar-refractivity contribution >= 4 is 0 Å². The molecular weight excluding hydrogens is 302 g/mol. The minimum atomic E-state index is -0.809. The van der Waals surface area contributed by atoms with Crippen LogP contribution in [-0.4, -0.2) is 0 Å². The van der Waals surface area contributed by atoms with Gasteiger partial charge in [0.05, 0.1) is 0 Å². The third-order valence-electron chi connectivity index (χ3n) is 4.81. The molecule has 0 nitrogen and oxygen atoms in total. The van der Waals surface area contributed by atoms with Crippen LogP contribution in [0.2, 0.25) is 0 Å². The number of benzene rings is 2. The zero-order valence-corrected chi connectivity index (χ0v) is 13.8. The van der Waals surface area contributed by atoms with E-state index in [9.17, 15) is 8.78 Å². The minimum Gasteiger partial charge on any atom is -0.204 e. The third kappa shape index (κ3) is 3.81. The lowest BCUT2D eigenvalue weighted by Gasteiger charge is -2.22. The van der Waals surface area contributed by atoms with Crippen LogP contribution in [0.1, 0.15) is 43.6 Å². The van der Waals surface area contributed by atoms with Gasteiger partial charge in [0.2, 0.25) is 0 Å². The van der Waals surface area contributed by atoms with E-state index in [4.69, 9.17) is 0 Å². The molecule has 0 saturated heterocycles. The Kier molecular flexibility index (Phi) is 5.24. The predicted octanol–water partition coefficient (Wildman–Crippen LogP) is 6.79. The number of hydrogen-bond acceptors (Lipinski definition) is 0. The van der Waals surface area contributed by atoms with E-state index in [1.807, 2.05) is 18.2 Å². The first kappa shape index (κ1) is 16.6. The van der Waals surface area contributed by atoms with Crippen LogP contribution >= 0.6 is 0 Å². The quantitative estimate of drug-likeness (QED) is 0.531. The molecule has 2 aromatic carbocycles. The van der Waals surface area contributed by atoms with Crippen molar-refractivity contribution in [1.29, 1.82) is 0 Å². The summed E-state index contributed by atoms with van der Waals surface area (Å²) in [5.74, 6) is -1.06. The molecule has 3 rings (SSSR count). The van der Waals surface area contributed by atoms with Gasteiger partial charge in [-0.15, -0.1) is 6.58 Å². The fourth-order valence-corrected chi connectivity index (χ4v) is 3.33. The van der Waals surface area contributed by atoms with Crippen LogP contribution in [0.15, 0.2) is 66.8 Å². The summed E-state index contributed by atoms with van der Waals surface area (Å²) in [5.41, 5.74) is 4.48. The van der Waals surface area contributed by atoms with Gasteiger partial charge in [-0.25, -0.2) is 8.78 Å². The average molecular weight is 324 g/mol. The van der Waals surface area contributed by atoms with Gasteiger partial charge in [-0.1, -0.05) is 48.1 Å². The molecule has 2 aromatic rings. The number of rotatable bonds is 5. The zero-order chi connectivity index (χ0) is 16.9. The van der Waals surface area contributed by atoms with E-state index in [1.54, 1.807) is 11.6 Å². The smallest absolute Gasteiger partial charge is 0.159 e. The van der Waals surface area contributed by atoms with Gasteiger partial charge in [0.1, 0.15) is 0 Å². The van der Waals surface area contributed by atoms with Crippen LogP contribution in [0.3, 0.4) is 0 Å². The van der Waals surface area contributed by atoms with Crippen LogP contribution in [-0.2, 0) is 0 Å². The van der Waals surface area contributed by atoms with Crippen molar-refractivity contribution in [3.8, 4) is 11.1 Å². The summed E-state index contributed by atoms with van der Waals surface area (Å²) in [6.45, 7) is 3.78. The molecule has 0 saturated carbocycles. The lowest BCUT2D eigenvalue weighted by molar-refractivity contribution is 0.509. The summed E-state index contributed by atoms with van der Waals surface area (Å²) in [5, 5.41) is 0. The highest BCUT2D eigenvalue weighted by Gasteiger charge is 2.16. The zero-order valence-electron chi connectivity index (χ0n) is 13.8. The Morgan fingerprint density at radius 1 is 1.00 bits per heavy atom. The third-order valence-corrected chi connectivity index (χ3v) is 4.81. The maximum Gasteiger partial charge on any atom is 0.159 e. The Morgan fingerprint density at radius 2 is 1.75 bits per heavy atom. The van der Waals surface area contributed by atoms with E-state index in [0.29, 0.717) is 11.5 Å². The summed E-state index contributed by atoms with van der Waals surface area (Å²) in [6, 6.07) is 12.3. The molecule has 0 aromatic heterocycles. The second-order valence-electron chi connectivity index (χ2n) is 6.41. The average Bonchev–Trinajstić information content (AvgIpc) is 2.63. The molecule has 2 heteroatoms. The Labute approximate surface area is 142 Å². The van der Waals surface area contributed by atoms with Gasteiger partial charge < -0.3 is 0 Å². The second kappa shape index (κ2) is 7.57. The molecule has 1 aliphatic rings. The van der Waals surface area contributed by atoms with Crippen molar-refractivity contribution in [2.45, 2.75) is 38.0 Å². The summed E-state index contributed by atoms with van der Waals surface area (Å²) in [6.07, 6.45) is 9.95. The normalized spacial score (nSPS) is 17.4. The Hall–Kier alpha value is -2.22. The molecule has 1 unspecified atom stereocenters. The number of halogens is 2. The Balaban J connectivity index is 1.70. The number of hydrogen-bond donors (Lipinski definition) is 0. The topological polar surface area (TPSA) is 0 Å². The Morgan fingerprint density at radius 3 is 2.38 bits per heavy atom. The van der Waals surface area contributed by atoms with E-state index in [2.05, 4.69) is 24.8 Å². The fraction of sp³-hybridized carbons (Fsp3) is 0.273. The molecule has 0 spiro atoms. The highest BCUT2D eigenvalue weighted by Crippen LogP contribution is 2.34. The van der Waals surface area contributed by atoms with Crippen molar-refractivity contribution < 1.29 is 8.78 Å². The van der Waals surface area contributed by atoms with Crippen LogP contribution in [0.5, 0.6) is 0 Å². The van der Waals surface area contributed by atoms with Crippen LogP contribution < -0.4 is 0 Å². The SMILES string of the molecule is C=CCCC1=CCC(c2ccc(-c3ccc(F)c(F)c3)cc2)CC1. The van der Waals surface area contributed by atoms with Crippen molar-refractivity contribution in [3.63, 3.8) is 0 Å². The summed E-state index contributed by atoms with van der Waals surface area (Å²) < 4.78 is 26.4. The number of allylic oxidation sites excluding steroid dienone is 3. The molecular formula is C22H22F2. The van der Waals surface area contributed by atoms with Crippen LogP contribution in [0.25, 0.3) is 11.1 Å². The van der Waals surface area contributed by atoms with Crippen molar-refractivity contribution in [1.82, 2.24) is 0 Å². The van der Waals surface area contributed by atoms with Gasteiger partial charge in [-0.05, 0) is 66.8 Å². The Bertz CT molecular complexity index is 741. The molecule has 0 heterocycles. The summed E-state index contributed by atoms with van der Waals surface area (Å²) in [7, 11) is 0. The van der Waals surface area contributed by atoms with Gasteiger partial charge in [-0.2, -0.15) is 0 Å². The minimum absolute atomic E-state index is 0.552. The predicted molar refractivity (Wildman–Crippen MR) is 95.9 cm³/mol. The highest BCUT2D eigenvalue weighted by atomic mass is 19.2. The van der Waals surface area contributed by atoms with E-state index < -0.39 is 11.6 Å². The molecule has 0 fully saturated rings. The molecule has 0 bridgehead atoms. The highest BCUT2D eigenvalue weighted by molar-refractivity contribution is 5.63. The summed E-state index contributed by atoms with van der Waals surface area (Å²) >= 11 is 0. The van der Waals surface area contributed by atoms with Gasteiger partial charge in [-0.3, -0.25) is 0 Å². The monoisotopic (exact) mass is 324 g/mol. The lowest BCUT2D eigenvalue weighted by atomic mass is 9.83. The maximum absolute atomic E-state index is 13.4. The molecule has 0 radical (unpaired) electrons. The molecule has 24 heavy (non-hydrogen) atoms. The van der Waals surface area contributed by atoms with Gasteiger partial charge in [0, 0.05) is 0 Å². The van der Waals surface area contributed by atoms with E-state index in [1.165, 1.54) is 24.1 Å². The van der Waals surface area contributed by atoms with E-state index in [-0.39, 0.29) is 0 Å².